The van der Waals surface area contributed by atoms with Gasteiger partial charge in [0, 0.05) is 11.6 Å². The molecule has 0 aromatic heterocycles. The highest BCUT2D eigenvalue weighted by atomic mass is 16.5. The monoisotopic (exact) mass is 277 g/mol. The number of rotatable bonds is 10. The van der Waals surface area contributed by atoms with Crippen molar-refractivity contribution in [1.82, 2.24) is 5.32 Å². The van der Waals surface area contributed by atoms with Crippen molar-refractivity contribution >= 4 is 0 Å². The molecule has 1 N–H and O–H groups in total. The highest BCUT2D eigenvalue weighted by Gasteiger charge is 2.22. The second kappa shape index (κ2) is 9.82. The first-order valence-electron chi connectivity index (χ1n) is 8.17. The number of unbranched alkanes of at least 4 members (excludes halogenated alkanes) is 1. The van der Waals surface area contributed by atoms with Gasteiger partial charge in [-0.2, -0.15) is 0 Å². The first-order chi connectivity index (χ1) is 9.78. The molecular weight excluding hydrogens is 246 g/mol. The van der Waals surface area contributed by atoms with Crippen LogP contribution >= 0.6 is 0 Å². The minimum absolute atomic E-state index is 0.389. The van der Waals surface area contributed by atoms with E-state index in [4.69, 9.17) is 4.74 Å². The van der Waals surface area contributed by atoms with Crippen molar-refractivity contribution in [3.05, 3.63) is 29.8 Å². The largest absolute Gasteiger partial charge is 0.493 e. The first kappa shape index (κ1) is 17.0. The molecule has 0 saturated carbocycles. The average Bonchev–Trinajstić information content (AvgIpc) is 2.50. The Hall–Kier alpha value is -1.02. The Morgan fingerprint density at radius 3 is 2.45 bits per heavy atom. The van der Waals surface area contributed by atoms with Crippen molar-refractivity contribution in [3.8, 4) is 5.75 Å². The summed E-state index contributed by atoms with van der Waals surface area (Å²) in [6, 6.07) is 8.88. The minimum atomic E-state index is 0.389. The summed E-state index contributed by atoms with van der Waals surface area (Å²) in [5.41, 5.74) is 1.31. The van der Waals surface area contributed by atoms with Crippen molar-refractivity contribution in [2.75, 3.05) is 13.7 Å². The molecule has 20 heavy (non-hydrogen) atoms. The summed E-state index contributed by atoms with van der Waals surface area (Å²) in [6.45, 7) is 7.49. The molecule has 0 aliphatic heterocycles. The van der Waals surface area contributed by atoms with Crippen LogP contribution in [0.3, 0.4) is 0 Å². The molecule has 0 fully saturated rings. The third-order valence-electron chi connectivity index (χ3n) is 3.95. The van der Waals surface area contributed by atoms with Crippen LogP contribution in [0.2, 0.25) is 0 Å². The molecule has 1 aromatic rings. The van der Waals surface area contributed by atoms with Gasteiger partial charge in [0.25, 0.3) is 0 Å². The zero-order chi connectivity index (χ0) is 14.8. The van der Waals surface area contributed by atoms with E-state index in [1.54, 1.807) is 0 Å². The van der Waals surface area contributed by atoms with Gasteiger partial charge >= 0.3 is 0 Å². The van der Waals surface area contributed by atoms with Crippen LogP contribution in [-0.2, 0) is 0 Å². The number of nitrogens with one attached hydrogen (secondary N) is 1. The Bertz CT molecular complexity index is 364. The van der Waals surface area contributed by atoms with E-state index in [2.05, 4.69) is 57.4 Å². The average molecular weight is 277 g/mol. The van der Waals surface area contributed by atoms with Gasteiger partial charge in [-0.3, -0.25) is 0 Å². The maximum atomic E-state index is 5.93. The molecule has 1 aromatic carbocycles. The lowest BCUT2D eigenvalue weighted by Gasteiger charge is -2.28. The Morgan fingerprint density at radius 2 is 1.85 bits per heavy atom. The quantitative estimate of drug-likeness (QED) is 0.653. The third kappa shape index (κ3) is 4.82. The van der Waals surface area contributed by atoms with Gasteiger partial charge in [0.15, 0.2) is 0 Å². The Labute approximate surface area is 124 Å². The fraction of sp³-hybridized carbons (Fsp3) is 0.667. The van der Waals surface area contributed by atoms with Gasteiger partial charge in [-0.1, -0.05) is 58.2 Å². The van der Waals surface area contributed by atoms with Crippen LogP contribution in [0.25, 0.3) is 0 Å². The zero-order valence-corrected chi connectivity index (χ0v) is 13.6. The van der Waals surface area contributed by atoms with Crippen LogP contribution in [-0.4, -0.2) is 13.7 Å². The van der Waals surface area contributed by atoms with Crippen LogP contribution in [0.1, 0.15) is 64.5 Å². The highest BCUT2D eigenvalue weighted by molar-refractivity contribution is 5.36. The van der Waals surface area contributed by atoms with Gasteiger partial charge in [0.2, 0.25) is 0 Å². The summed E-state index contributed by atoms with van der Waals surface area (Å²) >= 11 is 0. The van der Waals surface area contributed by atoms with Crippen LogP contribution in [0.5, 0.6) is 5.75 Å². The van der Waals surface area contributed by atoms with E-state index in [9.17, 15) is 0 Å². The minimum Gasteiger partial charge on any atom is -0.493 e. The molecule has 1 rings (SSSR count). The molecular formula is C18H31NO. The summed E-state index contributed by atoms with van der Waals surface area (Å²) in [7, 11) is 2.07. The molecule has 0 saturated heterocycles. The lowest BCUT2D eigenvalue weighted by Crippen LogP contribution is -2.25. The Kier molecular flexibility index (Phi) is 8.36. The Morgan fingerprint density at radius 1 is 1.10 bits per heavy atom. The topological polar surface area (TPSA) is 21.3 Å². The maximum absolute atomic E-state index is 5.93. The van der Waals surface area contributed by atoms with Gasteiger partial charge < -0.3 is 10.1 Å². The van der Waals surface area contributed by atoms with E-state index in [0.717, 1.165) is 18.8 Å². The van der Waals surface area contributed by atoms with Gasteiger partial charge in [0.05, 0.1) is 6.61 Å². The van der Waals surface area contributed by atoms with Crippen LogP contribution in [0.15, 0.2) is 24.3 Å². The fourth-order valence-electron chi connectivity index (χ4n) is 2.80. The zero-order valence-electron chi connectivity index (χ0n) is 13.6. The lowest BCUT2D eigenvalue weighted by atomic mass is 9.86. The van der Waals surface area contributed by atoms with E-state index in [1.165, 1.54) is 31.2 Å². The van der Waals surface area contributed by atoms with Crippen molar-refractivity contribution in [2.45, 2.75) is 58.9 Å². The van der Waals surface area contributed by atoms with Crippen LogP contribution in [0.4, 0.5) is 0 Å². The fourth-order valence-corrected chi connectivity index (χ4v) is 2.80. The molecule has 0 aliphatic rings. The summed E-state index contributed by atoms with van der Waals surface area (Å²) in [5.74, 6) is 1.72. The smallest absolute Gasteiger partial charge is 0.124 e. The van der Waals surface area contributed by atoms with E-state index in [1.807, 2.05) is 0 Å². The van der Waals surface area contributed by atoms with E-state index >= 15 is 0 Å². The van der Waals surface area contributed by atoms with Crippen molar-refractivity contribution in [2.24, 2.45) is 5.92 Å². The van der Waals surface area contributed by atoms with Gasteiger partial charge in [-0.25, -0.2) is 0 Å². The molecule has 0 bridgehead atoms. The van der Waals surface area contributed by atoms with Crippen molar-refractivity contribution in [3.63, 3.8) is 0 Å². The number of hydrogen-bond acceptors (Lipinski definition) is 2. The predicted octanol–water partition coefficient (Wildman–Crippen LogP) is 4.95. The van der Waals surface area contributed by atoms with E-state index in [-0.39, 0.29) is 0 Å². The van der Waals surface area contributed by atoms with Crippen LogP contribution < -0.4 is 10.1 Å². The first-order valence-corrected chi connectivity index (χ1v) is 8.17. The SMILES string of the molecule is CCCCC(CC)C(NC)c1ccccc1OCCC. The predicted molar refractivity (Wildman–Crippen MR) is 87.3 cm³/mol. The molecule has 2 atom stereocenters. The molecule has 2 unspecified atom stereocenters. The summed E-state index contributed by atoms with van der Waals surface area (Å²) in [4.78, 5) is 0. The molecule has 0 spiro atoms. The second-order valence-electron chi connectivity index (χ2n) is 5.46. The van der Waals surface area contributed by atoms with Crippen molar-refractivity contribution in [1.29, 1.82) is 0 Å². The summed E-state index contributed by atoms with van der Waals surface area (Å²) in [6.07, 6.45) is 6.09. The van der Waals surface area contributed by atoms with E-state index in [0.29, 0.717) is 12.0 Å². The Balaban J connectivity index is 2.91. The normalized spacial score (nSPS) is 14.0. The van der Waals surface area contributed by atoms with Gasteiger partial charge in [-0.15, -0.1) is 0 Å². The molecule has 2 heteroatoms. The molecule has 0 radical (unpaired) electrons. The van der Waals surface area contributed by atoms with Crippen LogP contribution in [0, 0.1) is 5.92 Å². The molecule has 2 nitrogen and oxygen atoms in total. The summed E-state index contributed by atoms with van der Waals surface area (Å²) < 4.78 is 5.93. The molecule has 0 amide bonds. The number of para-hydroxylation sites is 1. The standard InChI is InChI=1S/C18H31NO/c1-5-8-11-15(7-3)18(19-4)16-12-9-10-13-17(16)20-14-6-2/h9-10,12-13,15,18-19H,5-8,11,14H2,1-4H3. The van der Waals surface area contributed by atoms with Gasteiger partial charge in [0.1, 0.15) is 5.75 Å². The number of hydrogen-bond donors (Lipinski definition) is 1. The lowest BCUT2D eigenvalue weighted by molar-refractivity contribution is 0.292. The number of ether oxygens (including phenoxy) is 1. The van der Waals surface area contributed by atoms with Gasteiger partial charge in [-0.05, 0) is 31.9 Å². The third-order valence-corrected chi connectivity index (χ3v) is 3.95. The molecule has 0 heterocycles. The molecule has 114 valence electrons. The summed E-state index contributed by atoms with van der Waals surface area (Å²) in [5, 5.41) is 3.52. The van der Waals surface area contributed by atoms with E-state index < -0.39 is 0 Å². The highest BCUT2D eigenvalue weighted by Crippen LogP contribution is 2.34. The number of benzene rings is 1. The van der Waals surface area contributed by atoms with Crippen molar-refractivity contribution < 1.29 is 4.74 Å². The maximum Gasteiger partial charge on any atom is 0.124 e. The second-order valence-corrected chi connectivity index (χ2v) is 5.46. The molecule has 0 aliphatic carbocycles.